The van der Waals surface area contributed by atoms with E-state index in [1.807, 2.05) is 73.7 Å². The van der Waals surface area contributed by atoms with E-state index in [2.05, 4.69) is 0 Å². The highest BCUT2D eigenvalue weighted by molar-refractivity contribution is 5.79. The lowest BCUT2D eigenvalue weighted by Gasteiger charge is -2.15. The lowest BCUT2D eigenvalue weighted by atomic mass is 9.96. The number of hydrogen-bond donors (Lipinski definition) is 0. The quantitative estimate of drug-likeness (QED) is 0.278. The highest BCUT2D eigenvalue weighted by Gasteiger charge is 2.24. The molecule has 1 aromatic heterocycles. The van der Waals surface area contributed by atoms with E-state index in [0.717, 1.165) is 16.7 Å². The smallest absolute Gasteiger partial charge is 0.163 e. The summed E-state index contributed by atoms with van der Waals surface area (Å²) >= 11 is 0. The average Bonchev–Trinajstić information content (AvgIpc) is 2.91. The standard InChI is InChI=1S/C30H19F2N3/c1-19-28(21-13-7-3-8-14-21)34-30(35-29(19)22-15-9-4-10-16-22)24-17-23(18-33)26(31)25(27(24)32)20-11-5-2-6-12-20/h2-17H,1H3. The van der Waals surface area contributed by atoms with Crippen LogP contribution >= 0.6 is 0 Å². The van der Waals surface area contributed by atoms with Crippen molar-refractivity contribution in [2.45, 2.75) is 6.92 Å². The van der Waals surface area contributed by atoms with Gasteiger partial charge < -0.3 is 0 Å². The summed E-state index contributed by atoms with van der Waals surface area (Å²) in [5.74, 6) is -1.63. The molecule has 4 aromatic carbocycles. The van der Waals surface area contributed by atoms with Crippen LogP contribution in [0.5, 0.6) is 0 Å². The predicted molar refractivity (Wildman–Crippen MR) is 133 cm³/mol. The van der Waals surface area contributed by atoms with Crippen molar-refractivity contribution in [3.8, 4) is 51.1 Å². The van der Waals surface area contributed by atoms with Crippen LogP contribution in [0, 0.1) is 29.9 Å². The van der Waals surface area contributed by atoms with E-state index in [1.54, 1.807) is 30.3 Å². The third kappa shape index (κ3) is 4.07. The summed E-state index contributed by atoms with van der Waals surface area (Å²) in [4.78, 5) is 9.43. The number of rotatable bonds is 4. The highest BCUT2D eigenvalue weighted by Crippen LogP contribution is 2.37. The van der Waals surface area contributed by atoms with Gasteiger partial charge in [0.1, 0.15) is 11.9 Å². The van der Waals surface area contributed by atoms with E-state index in [1.165, 1.54) is 6.07 Å². The van der Waals surface area contributed by atoms with Crippen LogP contribution in [-0.4, -0.2) is 9.97 Å². The molecule has 0 aliphatic rings. The van der Waals surface area contributed by atoms with Crippen LogP contribution in [0.3, 0.4) is 0 Å². The maximum absolute atomic E-state index is 16.0. The topological polar surface area (TPSA) is 49.6 Å². The molecule has 0 aliphatic carbocycles. The van der Waals surface area contributed by atoms with Crippen LogP contribution < -0.4 is 0 Å². The maximum atomic E-state index is 16.0. The third-order valence-electron chi connectivity index (χ3n) is 5.86. The Bertz CT molecular complexity index is 1500. The van der Waals surface area contributed by atoms with Gasteiger partial charge in [-0.25, -0.2) is 18.7 Å². The van der Waals surface area contributed by atoms with Crippen molar-refractivity contribution in [2.75, 3.05) is 0 Å². The van der Waals surface area contributed by atoms with Crippen LogP contribution in [0.1, 0.15) is 11.1 Å². The van der Waals surface area contributed by atoms with Crippen LogP contribution in [0.15, 0.2) is 97.1 Å². The molecule has 35 heavy (non-hydrogen) atoms. The molecule has 5 aromatic rings. The molecule has 5 heteroatoms. The molecule has 3 nitrogen and oxygen atoms in total. The summed E-state index contributed by atoms with van der Waals surface area (Å²) in [6, 6.07) is 30.5. The second-order valence-corrected chi connectivity index (χ2v) is 8.05. The van der Waals surface area contributed by atoms with Crippen molar-refractivity contribution >= 4 is 0 Å². The Morgan fingerprint density at radius 2 is 1.11 bits per heavy atom. The molecule has 0 saturated heterocycles. The first kappa shape index (κ1) is 22.1. The molecule has 5 rings (SSSR count). The minimum atomic E-state index is -0.904. The Morgan fingerprint density at radius 3 is 1.57 bits per heavy atom. The van der Waals surface area contributed by atoms with Crippen molar-refractivity contribution in [3.63, 3.8) is 0 Å². The molecule has 0 saturated carbocycles. The van der Waals surface area contributed by atoms with Gasteiger partial charge in [-0.15, -0.1) is 0 Å². The van der Waals surface area contributed by atoms with E-state index in [4.69, 9.17) is 9.97 Å². The molecular formula is C30H19F2N3. The second kappa shape index (κ2) is 9.28. The number of nitriles is 1. The third-order valence-corrected chi connectivity index (χ3v) is 5.86. The van der Waals surface area contributed by atoms with Crippen molar-refractivity contribution in [3.05, 3.63) is 120 Å². The summed E-state index contributed by atoms with van der Waals surface area (Å²) in [7, 11) is 0. The van der Waals surface area contributed by atoms with Crippen molar-refractivity contribution in [1.29, 1.82) is 5.26 Å². The molecule has 0 bridgehead atoms. The molecule has 0 N–H and O–H groups in total. The zero-order chi connectivity index (χ0) is 24.4. The van der Waals surface area contributed by atoms with Gasteiger partial charge in [0.25, 0.3) is 0 Å². The normalized spacial score (nSPS) is 10.7. The summed E-state index contributed by atoms with van der Waals surface area (Å²) in [5, 5.41) is 9.61. The minimum absolute atomic E-state index is 0.0313. The van der Waals surface area contributed by atoms with Gasteiger partial charge in [0, 0.05) is 16.7 Å². The fraction of sp³-hybridized carbons (Fsp3) is 0.0333. The van der Waals surface area contributed by atoms with Gasteiger partial charge in [0.2, 0.25) is 0 Å². The van der Waals surface area contributed by atoms with E-state index in [9.17, 15) is 5.26 Å². The van der Waals surface area contributed by atoms with E-state index < -0.39 is 11.6 Å². The lowest BCUT2D eigenvalue weighted by molar-refractivity contribution is 0.588. The van der Waals surface area contributed by atoms with Crippen LogP contribution in [0.25, 0.3) is 45.0 Å². The Labute approximate surface area is 202 Å². The van der Waals surface area contributed by atoms with E-state index in [0.29, 0.717) is 17.0 Å². The number of nitrogens with zero attached hydrogens (tertiary/aromatic N) is 3. The van der Waals surface area contributed by atoms with Crippen LogP contribution in [-0.2, 0) is 0 Å². The molecule has 0 atom stereocenters. The summed E-state index contributed by atoms with van der Waals surface area (Å²) in [6.45, 7) is 1.92. The minimum Gasteiger partial charge on any atom is -0.228 e. The number of aromatic nitrogens is 2. The lowest BCUT2D eigenvalue weighted by Crippen LogP contribution is -2.04. The van der Waals surface area contributed by atoms with Gasteiger partial charge in [-0.1, -0.05) is 91.0 Å². The molecule has 168 valence electrons. The molecule has 0 fully saturated rings. The number of halogens is 2. The Balaban J connectivity index is 1.83. The summed E-state index contributed by atoms with van der Waals surface area (Å²) < 4.78 is 31.1. The SMILES string of the molecule is Cc1c(-c2ccccc2)nc(-c2cc(C#N)c(F)c(-c3ccccc3)c2F)nc1-c1ccccc1. The molecule has 0 amide bonds. The van der Waals surface area contributed by atoms with Gasteiger partial charge >= 0.3 is 0 Å². The van der Waals surface area contributed by atoms with Gasteiger partial charge in [0.15, 0.2) is 11.6 Å². The molecule has 1 heterocycles. The molecule has 0 radical (unpaired) electrons. The highest BCUT2D eigenvalue weighted by atomic mass is 19.1. The average molecular weight is 459 g/mol. The van der Waals surface area contributed by atoms with E-state index in [-0.39, 0.29) is 22.5 Å². The summed E-state index contributed by atoms with van der Waals surface area (Å²) in [6.07, 6.45) is 0. The molecular weight excluding hydrogens is 440 g/mol. The van der Waals surface area contributed by atoms with Gasteiger partial charge in [-0.05, 0) is 18.6 Å². The second-order valence-electron chi connectivity index (χ2n) is 8.05. The van der Waals surface area contributed by atoms with Crippen LogP contribution in [0.4, 0.5) is 8.78 Å². The Hall–Kier alpha value is -4.69. The fourth-order valence-corrected chi connectivity index (χ4v) is 4.13. The van der Waals surface area contributed by atoms with Gasteiger partial charge in [0.05, 0.1) is 28.1 Å². The first-order valence-corrected chi connectivity index (χ1v) is 11.1. The van der Waals surface area contributed by atoms with Crippen molar-refractivity contribution < 1.29 is 8.78 Å². The molecule has 0 unspecified atom stereocenters. The molecule has 0 spiro atoms. The zero-order valence-electron chi connectivity index (χ0n) is 18.8. The first-order valence-electron chi connectivity index (χ1n) is 11.1. The van der Waals surface area contributed by atoms with Gasteiger partial charge in [-0.3, -0.25) is 0 Å². The first-order chi connectivity index (χ1) is 17.1. The zero-order valence-corrected chi connectivity index (χ0v) is 18.8. The predicted octanol–water partition coefficient (Wildman–Crippen LogP) is 7.60. The number of benzene rings is 4. The maximum Gasteiger partial charge on any atom is 0.163 e. The van der Waals surface area contributed by atoms with Crippen LogP contribution in [0.2, 0.25) is 0 Å². The number of hydrogen-bond acceptors (Lipinski definition) is 3. The van der Waals surface area contributed by atoms with Crippen molar-refractivity contribution in [1.82, 2.24) is 9.97 Å². The fourth-order valence-electron chi connectivity index (χ4n) is 4.13. The largest absolute Gasteiger partial charge is 0.228 e. The monoisotopic (exact) mass is 459 g/mol. The summed E-state index contributed by atoms with van der Waals surface area (Å²) in [5.41, 5.74) is 3.55. The Morgan fingerprint density at radius 1 is 0.657 bits per heavy atom. The molecule has 0 aliphatic heterocycles. The van der Waals surface area contributed by atoms with Crippen molar-refractivity contribution in [2.24, 2.45) is 0 Å². The van der Waals surface area contributed by atoms with E-state index >= 15 is 8.78 Å². The Kier molecular flexibility index (Phi) is 5.87. The van der Waals surface area contributed by atoms with Gasteiger partial charge in [-0.2, -0.15) is 5.26 Å².